The lowest BCUT2D eigenvalue weighted by Gasteiger charge is -2.20. The Balaban J connectivity index is 2.15. The molecule has 0 spiro atoms. The van der Waals surface area contributed by atoms with Crippen LogP contribution in [-0.2, 0) is 11.3 Å². The van der Waals surface area contributed by atoms with Crippen LogP contribution in [0.3, 0.4) is 0 Å². The van der Waals surface area contributed by atoms with Crippen LogP contribution in [0.1, 0.15) is 38.8 Å². The number of carbonyl (C=O) groups is 1. The average molecular weight is 411 g/mol. The molecule has 0 atom stereocenters. The zero-order valence-electron chi connectivity index (χ0n) is 18.4. The van der Waals surface area contributed by atoms with Gasteiger partial charge in [-0.25, -0.2) is 14.8 Å². The molecule has 1 heterocycles. The van der Waals surface area contributed by atoms with Crippen molar-refractivity contribution in [2.24, 2.45) is 10.7 Å². The summed E-state index contributed by atoms with van der Waals surface area (Å²) in [6, 6.07) is 7.79. The molecule has 0 saturated carbocycles. The van der Waals surface area contributed by atoms with Crippen LogP contribution in [0.4, 0.5) is 10.7 Å². The van der Waals surface area contributed by atoms with E-state index in [0.29, 0.717) is 23.9 Å². The first-order chi connectivity index (χ1) is 14.1. The highest BCUT2D eigenvalue weighted by Crippen LogP contribution is 2.22. The molecular weight excluding hydrogens is 380 g/mol. The molecular formula is C22H30N6O2. The maximum atomic E-state index is 11.9. The van der Waals surface area contributed by atoms with Crippen LogP contribution in [0, 0.1) is 6.92 Å². The van der Waals surface area contributed by atoms with Gasteiger partial charge in [-0.05, 0) is 57.9 Å². The monoisotopic (exact) mass is 410 g/mol. The molecule has 160 valence electrons. The zero-order valence-corrected chi connectivity index (χ0v) is 18.4. The zero-order chi connectivity index (χ0) is 22.3. The molecule has 8 nitrogen and oxygen atoms in total. The van der Waals surface area contributed by atoms with Crippen LogP contribution in [0.5, 0.6) is 0 Å². The van der Waals surface area contributed by atoms with E-state index >= 15 is 0 Å². The number of nitrogens with zero attached hydrogens (tertiary/aromatic N) is 3. The number of hydrogen-bond donors (Lipinski definition) is 3. The second-order valence-corrected chi connectivity index (χ2v) is 7.87. The van der Waals surface area contributed by atoms with Crippen LogP contribution in [0.15, 0.2) is 46.8 Å². The number of alkyl carbamates (subject to hydrolysis) is 1. The number of rotatable bonds is 6. The van der Waals surface area contributed by atoms with Gasteiger partial charge in [-0.2, -0.15) is 0 Å². The van der Waals surface area contributed by atoms with Crippen molar-refractivity contribution in [3.05, 3.63) is 53.0 Å². The molecule has 0 unspecified atom stereocenters. The van der Waals surface area contributed by atoms with Crippen LogP contribution >= 0.6 is 0 Å². The number of hydrogen-bond acceptors (Lipinski definition) is 7. The number of aromatic nitrogens is 2. The fourth-order valence-corrected chi connectivity index (χ4v) is 2.60. The Bertz CT molecular complexity index is 956. The van der Waals surface area contributed by atoms with E-state index in [1.807, 2.05) is 52.0 Å². The Labute approximate surface area is 177 Å². The van der Waals surface area contributed by atoms with Gasteiger partial charge < -0.3 is 21.1 Å². The van der Waals surface area contributed by atoms with Gasteiger partial charge in [-0.3, -0.25) is 4.99 Å². The molecule has 8 heteroatoms. The third-order valence-electron chi connectivity index (χ3n) is 4.05. The van der Waals surface area contributed by atoms with Gasteiger partial charge in [0.15, 0.2) is 0 Å². The molecule has 1 aromatic heterocycles. The highest BCUT2D eigenvalue weighted by atomic mass is 16.6. The molecule has 30 heavy (non-hydrogen) atoms. The molecule has 0 aliphatic rings. The third kappa shape index (κ3) is 6.88. The van der Waals surface area contributed by atoms with Crippen molar-refractivity contribution in [3.63, 3.8) is 0 Å². The number of nitrogens with one attached hydrogen (secondary N) is 2. The second-order valence-electron chi connectivity index (χ2n) is 7.87. The number of nitrogens with two attached hydrogens (primary N) is 1. The van der Waals surface area contributed by atoms with E-state index in [-0.39, 0.29) is 0 Å². The Kier molecular flexibility index (Phi) is 7.52. The smallest absolute Gasteiger partial charge is 0.407 e. The van der Waals surface area contributed by atoms with Gasteiger partial charge in [0.2, 0.25) is 5.95 Å². The molecule has 0 saturated heterocycles. The quantitative estimate of drug-likeness (QED) is 0.625. The summed E-state index contributed by atoms with van der Waals surface area (Å²) in [5.74, 6) is 0.431. The molecule has 0 radical (unpaired) electrons. The minimum atomic E-state index is -0.526. The van der Waals surface area contributed by atoms with Crippen molar-refractivity contribution in [1.29, 1.82) is 0 Å². The number of benzene rings is 1. The van der Waals surface area contributed by atoms with Crippen molar-refractivity contribution in [3.8, 4) is 11.3 Å². The Hall–Kier alpha value is -3.42. The van der Waals surface area contributed by atoms with Crippen molar-refractivity contribution in [2.45, 2.75) is 46.8 Å². The fourth-order valence-electron chi connectivity index (χ4n) is 2.60. The summed E-state index contributed by atoms with van der Waals surface area (Å²) in [4.78, 5) is 24.7. The van der Waals surface area contributed by atoms with E-state index in [4.69, 9.17) is 10.5 Å². The van der Waals surface area contributed by atoms with Gasteiger partial charge in [-0.1, -0.05) is 12.1 Å². The second kappa shape index (κ2) is 9.87. The van der Waals surface area contributed by atoms with Crippen molar-refractivity contribution in [1.82, 2.24) is 15.3 Å². The summed E-state index contributed by atoms with van der Waals surface area (Å²) in [7, 11) is 1.67. The van der Waals surface area contributed by atoms with E-state index in [0.717, 1.165) is 22.4 Å². The van der Waals surface area contributed by atoms with Gasteiger partial charge in [0, 0.05) is 37.3 Å². The predicted octanol–water partition coefficient (Wildman–Crippen LogP) is 3.78. The topological polar surface area (TPSA) is 115 Å². The standard InChI is InChI=1S/C22H30N6O2/c1-14-11-16(7-8-17(14)12-26-21(29)30-22(3,4)5)18-9-10-25-20(27-18)28-19(13-24-6)15(2)23/h7-11,13H,12,23H2,1-6H3,(H,26,29)(H,25,27,28). The van der Waals surface area contributed by atoms with E-state index in [9.17, 15) is 4.79 Å². The van der Waals surface area contributed by atoms with Gasteiger partial charge in [0.1, 0.15) is 5.60 Å². The summed E-state index contributed by atoms with van der Waals surface area (Å²) in [5, 5.41) is 5.87. The van der Waals surface area contributed by atoms with Gasteiger partial charge >= 0.3 is 6.09 Å². The number of amides is 1. The number of aliphatic imine (C=N–C) groups is 1. The van der Waals surface area contributed by atoms with E-state index < -0.39 is 11.7 Å². The van der Waals surface area contributed by atoms with Crippen LogP contribution < -0.4 is 16.4 Å². The van der Waals surface area contributed by atoms with Crippen LogP contribution in [0.25, 0.3) is 11.3 Å². The van der Waals surface area contributed by atoms with Crippen molar-refractivity contribution < 1.29 is 9.53 Å². The molecule has 0 bridgehead atoms. The minimum Gasteiger partial charge on any atom is -0.444 e. The Morgan fingerprint density at radius 3 is 2.63 bits per heavy atom. The Morgan fingerprint density at radius 2 is 2.03 bits per heavy atom. The number of anilines is 1. The van der Waals surface area contributed by atoms with Gasteiger partial charge in [0.25, 0.3) is 0 Å². The van der Waals surface area contributed by atoms with Crippen LogP contribution in [-0.4, -0.2) is 34.9 Å². The van der Waals surface area contributed by atoms with E-state index in [1.54, 1.807) is 26.4 Å². The predicted molar refractivity (Wildman–Crippen MR) is 120 cm³/mol. The maximum Gasteiger partial charge on any atom is 0.407 e. The lowest BCUT2D eigenvalue weighted by atomic mass is 10.0. The highest BCUT2D eigenvalue weighted by Gasteiger charge is 2.16. The third-order valence-corrected chi connectivity index (χ3v) is 4.05. The SMILES string of the molecule is CN=CC(Nc1nccc(-c2ccc(CNC(=O)OC(C)(C)C)c(C)c2)n1)=C(C)N. The van der Waals surface area contributed by atoms with E-state index in [2.05, 4.69) is 25.6 Å². The molecule has 0 aliphatic heterocycles. The minimum absolute atomic E-state index is 0.387. The normalized spacial score (nSPS) is 12.5. The Morgan fingerprint density at radius 1 is 1.30 bits per heavy atom. The molecule has 1 amide bonds. The molecule has 0 aliphatic carbocycles. The summed E-state index contributed by atoms with van der Waals surface area (Å²) < 4.78 is 5.28. The van der Waals surface area contributed by atoms with Crippen molar-refractivity contribution >= 4 is 18.3 Å². The summed E-state index contributed by atoms with van der Waals surface area (Å²) in [5.41, 5.74) is 10.3. The van der Waals surface area contributed by atoms with E-state index in [1.165, 1.54) is 0 Å². The summed E-state index contributed by atoms with van der Waals surface area (Å²) in [6.07, 6.45) is 2.87. The largest absolute Gasteiger partial charge is 0.444 e. The first-order valence-electron chi connectivity index (χ1n) is 9.64. The molecule has 4 N–H and O–H groups in total. The fraction of sp³-hybridized carbons (Fsp3) is 0.364. The van der Waals surface area contributed by atoms with Gasteiger partial charge in [-0.15, -0.1) is 0 Å². The lowest BCUT2D eigenvalue weighted by Crippen LogP contribution is -2.32. The van der Waals surface area contributed by atoms with Gasteiger partial charge in [0.05, 0.1) is 11.4 Å². The first kappa shape index (κ1) is 22.9. The molecule has 1 aromatic carbocycles. The van der Waals surface area contributed by atoms with Crippen molar-refractivity contribution in [2.75, 3.05) is 12.4 Å². The summed E-state index contributed by atoms with van der Waals surface area (Å²) >= 11 is 0. The van der Waals surface area contributed by atoms with Crippen LogP contribution in [0.2, 0.25) is 0 Å². The highest BCUT2D eigenvalue weighted by molar-refractivity contribution is 5.83. The summed E-state index contributed by atoms with van der Waals surface area (Å²) in [6.45, 7) is 9.66. The number of allylic oxidation sites excluding steroid dienone is 2. The first-order valence-corrected chi connectivity index (χ1v) is 9.64. The average Bonchev–Trinajstić information content (AvgIpc) is 2.65. The molecule has 0 fully saturated rings. The maximum absolute atomic E-state index is 11.9. The lowest BCUT2D eigenvalue weighted by molar-refractivity contribution is 0.0523. The molecule has 2 rings (SSSR count). The molecule has 2 aromatic rings. The number of ether oxygens (including phenoxy) is 1. The number of carbonyl (C=O) groups excluding carboxylic acids is 1. The number of aryl methyl sites for hydroxylation is 1.